The van der Waals surface area contributed by atoms with Gasteiger partial charge in [-0.15, -0.1) is 0 Å². The van der Waals surface area contributed by atoms with Crippen molar-refractivity contribution in [2.24, 2.45) is 7.05 Å². The highest BCUT2D eigenvalue weighted by molar-refractivity contribution is 5.75. The molecule has 1 heterocycles. The lowest BCUT2D eigenvalue weighted by atomic mass is 10.1. The van der Waals surface area contributed by atoms with Crippen LogP contribution in [0.4, 0.5) is 4.39 Å². The van der Waals surface area contributed by atoms with Gasteiger partial charge in [-0.2, -0.15) is 0 Å². The lowest BCUT2D eigenvalue weighted by molar-refractivity contribution is 0.112. The van der Waals surface area contributed by atoms with Gasteiger partial charge in [-0.1, -0.05) is 0 Å². The Bertz CT molecular complexity index is 614. The molecule has 1 aromatic carbocycles. The summed E-state index contributed by atoms with van der Waals surface area (Å²) < 4.78 is 14.2. The minimum atomic E-state index is -0.359. The number of benzene rings is 1. The van der Waals surface area contributed by atoms with Gasteiger partial charge in [-0.05, 0) is 42.0 Å². The van der Waals surface area contributed by atoms with Crippen LogP contribution in [0.25, 0.3) is 11.3 Å². The number of pyridine rings is 1. The molecule has 0 radical (unpaired) electrons. The maximum Gasteiger partial charge on any atom is 0.261 e. The van der Waals surface area contributed by atoms with Gasteiger partial charge >= 0.3 is 0 Å². The fourth-order valence-corrected chi connectivity index (χ4v) is 1.66. The molecule has 0 aliphatic heterocycles. The van der Waals surface area contributed by atoms with Crippen molar-refractivity contribution in [3.05, 3.63) is 58.1 Å². The maximum absolute atomic E-state index is 12.8. The molecular formula is C13H10FNO2. The third-order valence-electron chi connectivity index (χ3n) is 2.60. The van der Waals surface area contributed by atoms with Crippen molar-refractivity contribution in [1.82, 2.24) is 4.57 Å². The van der Waals surface area contributed by atoms with Crippen LogP contribution in [-0.2, 0) is 7.05 Å². The summed E-state index contributed by atoms with van der Waals surface area (Å²) >= 11 is 0. The molecule has 0 fully saturated rings. The molecule has 0 amide bonds. The molecule has 0 unspecified atom stereocenters. The number of nitrogens with zero attached hydrogens (tertiary/aromatic N) is 1. The predicted octanol–water partition coefficient (Wildman–Crippen LogP) is 2.00. The first-order valence-electron chi connectivity index (χ1n) is 5.04. The third kappa shape index (κ3) is 2.01. The van der Waals surface area contributed by atoms with E-state index in [1.165, 1.54) is 22.8 Å². The molecule has 0 N–H and O–H groups in total. The summed E-state index contributed by atoms with van der Waals surface area (Å²) in [4.78, 5) is 22.3. The first-order chi connectivity index (χ1) is 8.13. The van der Waals surface area contributed by atoms with E-state index in [-0.39, 0.29) is 16.9 Å². The van der Waals surface area contributed by atoms with Crippen molar-refractivity contribution in [2.75, 3.05) is 0 Å². The van der Waals surface area contributed by atoms with Crippen LogP contribution in [0.1, 0.15) is 10.4 Å². The standard InChI is InChI=1S/C13H10FNO2/c1-15-12(7-4-10(8-16)13(15)17)9-2-5-11(14)6-3-9/h2-8H,1H3. The molecule has 17 heavy (non-hydrogen) atoms. The minimum Gasteiger partial charge on any atom is -0.311 e. The molecular weight excluding hydrogens is 221 g/mol. The van der Waals surface area contributed by atoms with E-state index >= 15 is 0 Å². The highest BCUT2D eigenvalue weighted by atomic mass is 19.1. The van der Waals surface area contributed by atoms with Crippen LogP contribution in [0, 0.1) is 5.82 Å². The van der Waals surface area contributed by atoms with Gasteiger partial charge in [-0.25, -0.2) is 4.39 Å². The Morgan fingerprint density at radius 3 is 2.35 bits per heavy atom. The van der Waals surface area contributed by atoms with Crippen LogP contribution in [0.3, 0.4) is 0 Å². The third-order valence-corrected chi connectivity index (χ3v) is 2.60. The Labute approximate surface area is 97.1 Å². The van der Waals surface area contributed by atoms with E-state index in [9.17, 15) is 14.0 Å². The smallest absolute Gasteiger partial charge is 0.261 e. The van der Waals surface area contributed by atoms with Gasteiger partial charge in [0.1, 0.15) is 5.82 Å². The topological polar surface area (TPSA) is 39.1 Å². The zero-order valence-electron chi connectivity index (χ0n) is 9.18. The summed E-state index contributed by atoms with van der Waals surface area (Å²) in [5, 5.41) is 0. The molecule has 0 aliphatic carbocycles. The SMILES string of the molecule is Cn1c(-c2ccc(F)cc2)ccc(C=O)c1=O. The van der Waals surface area contributed by atoms with Gasteiger partial charge in [0.2, 0.25) is 0 Å². The summed E-state index contributed by atoms with van der Waals surface area (Å²) in [5.41, 5.74) is 1.12. The van der Waals surface area contributed by atoms with E-state index in [4.69, 9.17) is 0 Å². The summed E-state index contributed by atoms with van der Waals surface area (Å²) in [5.74, 6) is -0.330. The van der Waals surface area contributed by atoms with Crippen LogP contribution in [-0.4, -0.2) is 10.9 Å². The quantitative estimate of drug-likeness (QED) is 0.741. The summed E-state index contributed by atoms with van der Waals surface area (Å²) in [6, 6.07) is 8.96. The average molecular weight is 231 g/mol. The summed E-state index contributed by atoms with van der Waals surface area (Å²) in [6.45, 7) is 0. The zero-order valence-corrected chi connectivity index (χ0v) is 9.18. The van der Waals surface area contributed by atoms with Crippen molar-refractivity contribution in [1.29, 1.82) is 0 Å². The fraction of sp³-hybridized carbons (Fsp3) is 0.0769. The van der Waals surface area contributed by atoms with Crippen LogP contribution in [0.15, 0.2) is 41.2 Å². The van der Waals surface area contributed by atoms with Crippen LogP contribution in [0.5, 0.6) is 0 Å². The Morgan fingerprint density at radius 1 is 1.12 bits per heavy atom. The molecule has 0 bridgehead atoms. The Morgan fingerprint density at radius 2 is 1.76 bits per heavy atom. The second kappa shape index (κ2) is 4.33. The highest BCUT2D eigenvalue weighted by Crippen LogP contribution is 2.17. The molecule has 2 aromatic rings. The van der Waals surface area contributed by atoms with Crippen molar-refractivity contribution in [2.45, 2.75) is 0 Å². The Hall–Kier alpha value is -2.23. The number of carbonyl (C=O) groups is 1. The molecule has 0 saturated heterocycles. The van der Waals surface area contributed by atoms with Gasteiger partial charge in [0.25, 0.3) is 5.56 Å². The van der Waals surface area contributed by atoms with E-state index in [1.54, 1.807) is 25.2 Å². The number of hydrogen-bond acceptors (Lipinski definition) is 2. The number of aldehydes is 1. The van der Waals surface area contributed by atoms with Crippen LogP contribution in [0.2, 0.25) is 0 Å². The first-order valence-corrected chi connectivity index (χ1v) is 5.04. The monoisotopic (exact) mass is 231 g/mol. The maximum atomic E-state index is 12.8. The van der Waals surface area contributed by atoms with Gasteiger partial charge in [0, 0.05) is 7.05 Å². The molecule has 0 saturated carbocycles. The largest absolute Gasteiger partial charge is 0.311 e. The van der Waals surface area contributed by atoms with E-state index < -0.39 is 0 Å². The average Bonchev–Trinajstić information content (AvgIpc) is 2.34. The summed E-state index contributed by atoms with van der Waals surface area (Å²) in [7, 11) is 1.58. The van der Waals surface area contributed by atoms with Gasteiger partial charge in [-0.3, -0.25) is 9.59 Å². The number of hydrogen-bond donors (Lipinski definition) is 0. The molecule has 0 spiro atoms. The summed E-state index contributed by atoms with van der Waals surface area (Å²) in [6.07, 6.45) is 0.525. The zero-order chi connectivity index (χ0) is 12.4. The molecule has 4 heteroatoms. The van der Waals surface area contributed by atoms with Gasteiger partial charge < -0.3 is 4.57 Å². The van der Waals surface area contributed by atoms with E-state index in [0.717, 1.165) is 5.56 Å². The lowest BCUT2D eigenvalue weighted by Crippen LogP contribution is -2.21. The Balaban J connectivity index is 2.61. The predicted molar refractivity (Wildman–Crippen MR) is 62.5 cm³/mol. The molecule has 2 rings (SSSR count). The van der Waals surface area contributed by atoms with E-state index in [2.05, 4.69) is 0 Å². The molecule has 0 atom stereocenters. The van der Waals surface area contributed by atoms with Crippen molar-refractivity contribution < 1.29 is 9.18 Å². The van der Waals surface area contributed by atoms with Crippen molar-refractivity contribution in [3.63, 3.8) is 0 Å². The van der Waals surface area contributed by atoms with Crippen LogP contribution >= 0.6 is 0 Å². The molecule has 86 valence electrons. The van der Waals surface area contributed by atoms with Gasteiger partial charge in [0.05, 0.1) is 11.3 Å². The molecule has 3 nitrogen and oxygen atoms in total. The molecule has 1 aromatic heterocycles. The Kier molecular flexibility index (Phi) is 2.87. The lowest BCUT2D eigenvalue weighted by Gasteiger charge is -2.08. The first kappa shape index (κ1) is 11.3. The second-order valence-electron chi connectivity index (χ2n) is 3.66. The molecule has 0 aliphatic rings. The number of halogens is 1. The van der Waals surface area contributed by atoms with Crippen LogP contribution < -0.4 is 5.56 Å². The normalized spacial score (nSPS) is 10.2. The number of aromatic nitrogens is 1. The van der Waals surface area contributed by atoms with Crippen molar-refractivity contribution >= 4 is 6.29 Å². The highest BCUT2D eigenvalue weighted by Gasteiger charge is 2.06. The number of carbonyl (C=O) groups excluding carboxylic acids is 1. The van der Waals surface area contributed by atoms with Gasteiger partial charge in [0.15, 0.2) is 6.29 Å². The minimum absolute atomic E-state index is 0.110. The van der Waals surface area contributed by atoms with E-state index in [1.807, 2.05) is 0 Å². The fourth-order valence-electron chi connectivity index (χ4n) is 1.66. The van der Waals surface area contributed by atoms with E-state index in [0.29, 0.717) is 12.0 Å². The second-order valence-corrected chi connectivity index (χ2v) is 3.66. The van der Waals surface area contributed by atoms with Crippen molar-refractivity contribution in [3.8, 4) is 11.3 Å². The number of rotatable bonds is 2.